The Labute approximate surface area is 166 Å². The smallest absolute Gasteiger partial charge is 0.203 e. The first-order chi connectivity index (χ1) is 11.5. The van der Waals surface area contributed by atoms with Crippen LogP contribution in [-0.2, 0) is 11.3 Å². The number of aliphatic imine (C=N–C) groups is 1. The first-order valence-electron chi connectivity index (χ1n) is 7.86. The molecule has 142 valence electrons. The lowest BCUT2D eigenvalue weighted by Crippen LogP contribution is -2.50. The number of hydrogen-bond donors (Lipinski definition) is 2. The second-order valence-corrected chi connectivity index (χ2v) is 6.12. The predicted molar refractivity (Wildman–Crippen MR) is 109 cm³/mol. The number of nitrogens with zero attached hydrogens (tertiary/aromatic N) is 1. The minimum atomic E-state index is 0. The summed E-state index contributed by atoms with van der Waals surface area (Å²) in [5, 5.41) is 6.63. The second-order valence-electron chi connectivity index (χ2n) is 6.12. The molecular weight excluding hydrogens is 437 g/mol. The maximum atomic E-state index is 5.37. The van der Waals surface area contributed by atoms with Crippen LogP contribution in [0.15, 0.2) is 17.1 Å². The fraction of sp³-hybridized carbons (Fsp3) is 0.588. The normalized spacial score (nSPS) is 15.5. The van der Waals surface area contributed by atoms with Crippen molar-refractivity contribution in [3.8, 4) is 17.2 Å². The van der Waals surface area contributed by atoms with Crippen molar-refractivity contribution in [2.24, 2.45) is 10.4 Å². The lowest BCUT2D eigenvalue weighted by Gasteiger charge is -2.38. The molecular formula is C17H28IN3O4. The van der Waals surface area contributed by atoms with E-state index < -0.39 is 0 Å². The highest BCUT2D eigenvalue weighted by atomic mass is 127. The van der Waals surface area contributed by atoms with Gasteiger partial charge in [0.2, 0.25) is 5.75 Å². The quantitative estimate of drug-likeness (QED) is 0.365. The van der Waals surface area contributed by atoms with Gasteiger partial charge in [0.25, 0.3) is 0 Å². The maximum absolute atomic E-state index is 5.37. The Morgan fingerprint density at radius 1 is 1.12 bits per heavy atom. The van der Waals surface area contributed by atoms with Crippen LogP contribution < -0.4 is 24.8 Å². The van der Waals surface area contributed by atoms with Gasteiger partial charge >= 0.3 is 0 Å². The van der Waals surface area contributed by atoms with Gasteiger partial charge in [-0.2, -0.15) is 0 Å². The zero-order valence-corrected chi connectivity index (χ0v) is 17.8. The van der Waals surface area contributed by atoms with Gasteiger partial charge in [-0.1, -0.05) is 6.92 Å². The van der Waals surface area contributed by atoms with E-state index in [1.807, 2.05) is 12.1 Å². The number of nitrogens with one attached hydrogen (secondary N) is 2. The molecule has 0 radical (unpaired) electrons. The molecule has 1 aliphatic rings. The monoisotopic (exact) mass is 465 g/mol. The molecule has 0 bridgehead atoms. The second kappa shape index (κ2) is 9.91. The molecule has 1 heterocycles. The van der Waals surface area contributed by atoms with Gasteiger partial charge in [-0.05, 0) is 17.7 Å². The topological polar surface area (TPSA) is 73.3 Å². The van der Waals surface area contributed by atoms with Crippen LogP contribution in [0.2, 0.25) is 0 Å². The van der Waals surface area contributed by atoms with Crippen molar-refractivity contribution in [3.63, 3.8) is 0 Å². The molecule has 1 fully saturated rings. The fourth-order valence-corrected chi connectivity index (χ4v) is 2.49. The SMILES string of the molecule is CN=C(NCc1cc(OC)c(OC)c(OC)c1)NCC1(C)COC1.I. The Balaban J connectivity index is 0.00000312. The summed E-state index contributed by atoms with van der Waals surface area (Å²) in [4.78, 5) is 4.25. The Morgan fingerprint density at radius 3 is 2.12 bits per heavy atom. The van der Waals surface area contributed by atoms with E-state index in [4.69, 9.17) is 18.9 Å². The van der Waals surface area contributed by atoms with Crippen LogP contribution in [0.25, 0.3) is 0 Å². The number of hydrogen-bond acceptors (Lipinski definition) is 5. The molecule has 1 aromatic rings. The van der Waals surface area contributed by atoms with Gasteiger partial charge in [0.15, 0.2) is 17.5 Å². The van der Waals surface area contributed by atoms with E-state index in [1.54, 1.807) is 28.4 Å². The van der Waals surface area contributed by atoms with Crippen LogP contribution in [0, 0.1) is 5.41 Å². The van der Waals surface area contributed by atoms with Gasteiger partial charge < -0.3 is 29.6 Å². The van der Waals surface area contributed by atoms with Crippen molar-refractivity contribution in [3.05, 3.63) is 17.7 Å². The lowest BCUT2D eigenvalue weighted by molar-refractivity contribution is -0.0971. The van der Waals surface area contributed by atoms with Crippen LogP contribution in [0.4, 0.5) is 0 Å². The van der Waals surface area contributed by atoms with Crippen LogP contribution in [0.5, 0.6) is 17.2 Å². The zero-order chi connectivity index (χ0) is 17.6. The lowest BCUT2D eigenvalue weighted by atomic mass is 9.89. The van der Waals surface area contributed by atoms with Gasteiger partial charge in [-0.3, -0.25) is 4.99 Å². The van der Waals surface area contributed by atoms with Crippen LogP contribution in [-0.4, -0.2) is 54.1 Å². The Bertz CT molecular complexity index is 566. The number of methoxy groups -OCH3 is 3. The van der Waals surface area contributed by atoms with Crippen molar-refractivity contribution in [2.45, 2.75) is 13.5 Å². The summed E-state index contributed by atoms with van der Waals surface area (Å²) in [6, 6.07) is 3.84. The standard InChI is InChI=1S/C17H27N3O4.HI/c1-17(10-24-11-17)9-20-16(18-2)19-8-12-6-13(21-3)15(23-5)14(7-12)22-4;/h6-7H,8-11H2,1-5H3,(H2,18,19,20);1H. The van der Waals surface area contributed by atoms with Gasteiger partial charge in [0.05, 0.1) is 34.5 Å². The van der Waals surface area contributed by atoms with Crippen molar-refractivity contribution < 1.29 is 18.9 Å². The minimum Gasteiger partial charge on any atom is -0.493 e. The fourth-order valence-electron chi connectivity index (χ4n) is 2.49. The van der Waals surface area contributed by atoms with Gasteiger partial charge in [0, 0.05) is 25.6 Å². The number of benzene rings is 1. The summed E-state index contributed by atoms with van der Waals surface area (Å²) < 4.78 is 21.4. The molecule has 0 aliphatic carbocycles. The maximum Gasteiger partial charge on any atom is 0.203 e. The van der Waals surface area contributed by atoms with Gasteiger partial charge in [0.1, 0.15) is 0 Å². The minimum absolute atomic E-state index is 0. The van der Waals surface area contributed by atoms with Gasteiger partial charge in [-0.15, -0.1) is 24.0 Å². The first-order valence-corrected chi connectivity index (χ1v) is 7.86. The summed E-state index contributed by atoms with van der Waals surface area (Å²) in [5.74, 6) is 2.60. The van der Waals surface area contributed by atoms with Crippen LogP contribution in [0.3, 0.4) is 0 Å². The molecule has 2 N–H and O–H groups in total. The molecule has 25 heavy (non-hydrogen) atoms. The van der Waals surface area contributed by atoms with Gasteiger partial charge in [-0.25, -0.2) is 0 Å². The summed E-state index contributed by atoms with van der Waals surface area (Å²) in [6.45, 7) is 5.16. The Kier molecular flexibility index (Phi) is 8.57. The van der Waals surface area contributed by atoms with E-state index in [-0.39, 0.29) is 29.4 Å². The largest absolute Gasteiger partial charge is 0.493 e. The van der Waals surface area contributed by atoms with E-state index in [1.165, 1.54) is 0 Å². The van der Waals surface area contributed by atoms with E-state index in [2.05, 4.69) is 22.5 Å². The molecule has 0 atom stereocenters. The summed E-state index contributed by atoms with van der Waals surface area (Å²) >= 11 is 0. The molecule has 1 saturated heterocycles. The van der Waals surface area contributed by atoms with Crippen LogP contribution >= 0.6 is 24.0 Å². The number of ether oxygens (including phenoxy) is 4. The highest BCUT2D eigenvalue weighted by molar-refractivity contribution is 14.0. The van der Waals surface area contributed by atoms with Crippen molar-refractivity contribution in [2.75, 3.05) is 48.1 Å². The highest BCUT2D eigenvalue weighted by Crippen LogP contribution is 2.38. The molecule has 1 aromatic carbocycles. The average molecular weight is 465 g/mol. The van der Waals surface area contributed by atoms with E-state index in [9.17, 15) is 0 Å². The Morgan fingerprint density at radius 2 is 1.72 bits per heavy atom. The van der Waals surface area contributed by atoms with E-state index >= 15 is 0 Å². The van der Waals surface area contributed by atoms with E-state index in [0.717, 1.165) is 31.3 Å². The van der Waals surface area contributed by atoms with Crippen molar-refractivity contribution >= 4 is 29.9 Å². The van der Waals surface area contributed by atoms with Crippen molar-refractivity contribution in [1.29, 1.82) is 0 Å². The number of guanidine groups is 1. The molecule has 0 saturated carbocycles. The molecule has 2 rings (SSSR count). The summed E-state index contributed by atoms with van der Waals surface area (Å²) in [6.07, 6.45) is 0. The Hall–Kier alpha value is -1.42. The van der Waals surface area contributed by atoms with Crippen molar-refractivity contribution in [1.82, 2.24) is 10.6 Å². The number of rotatable bonds is 7. The third kappa shape index (κ3) is 5.53. The molecule has 0 aromatic heterocycles. The van der Waals surface area contributed by atoms with E-state index in [0.29, 0.717) is 23.8 Å². The predicted octanol–water partition coefficient (Wildman–Crippen LogP) is 2.03. The third-order valence-electron chi connectivity index (χ3n) is 3.99. The zero-order valence-electron chi connectivity index (χ0n) is 15.5. The van der Waals surface area contributed by atoms with Crippen LogP contribution in [0.1, 0.15) is 12.5 Å². The summed E-state index contributed by atoms with van der Waals surface area (Å²) in [5.41, 5.74) is 1.19. The average Bonchev–Trinajstić information content (AvgIpc) is 2.59. The number of halogens is 1. The molecule has 1 aliphatic heterocycles. The first kappa shape index (κ1) is 21.6. The highest BCUT2D eigenvalue weighted by Gasteiger charge is 2.33. The third-order valence-corrected chi connectivity index (χ3v) is 3.99. The molecule has 0 spiro atoms. The summed E-state index contributed by atoms with van der Waals surface area (Å²) in [7, 11) is 6.56. The molecule has 0 amide bonds. The molecule has 0 unspecified atom stereocenters. The molecule has 8 heteroatoms. The molecule has 7 nitrogen and oxygen atoms in total.